The number of anilines is 1. The van der Waals surface area contributed by atoms with Gasteiger partial charge in [0.2, 0.25) is 0 Å². The van der Waals surface area contributed by atoms with Gasteiger partial charge >= 0.3 is 5.97 Å². The van der Waals surface area contributed by atoms with E-state index in [2.05, 4.69) is 21.2 Å². The molecule has 94 valence electrons. The molecular formula is C11H14BrNO3S. The number of carboxylic acid groups (broad SMARTS) is 1. The Balaban J connectivity index is 2.92. The molecule has 0 radical (unpaired) electrons. The van der Waals surface area contributed by atoms with Crippen LogP contribution in [-0.4, -0.2) is 33.3 Å². The highest BCUT2D eigenvalue weighted by Gasteiger charge is 2.13. The molecule has 0 heterocycles. The van der Waals surface area contributed by atoms with Gasteiger partial charge < -0.3 is 10.4 Å². The van der Waals surface area contributed by atoms with Gasteiger partial charge in [0, 0.05) is 33.3 Å². The highest BCUT2D eigenvalue weighted by molar-refractivity contribution is 9.10. The summed E-state index contributed by atoms with van der Waals surface area (Å²) in [5, 5.41) is 12.1. The van der Waals surface area contributed by atoms with E-state index >= 15 is 0 Å². The van der Waals surface area contributed by atoms with Crippen LogP contribution in [0.2, 0.25) is 0 Å². The highest BCUT2D eigenvalue weighted by atomic mass is 79.9. The first-order valence-electron chi connectivity index (χ1n) is 4.99. The van der Waals surface area contributed by atoms with E-state index in [-0.39, 0.29) is 11.6 Å². The topological polar surface area (TPSA) is 66.4 Å². The summed E-state index contributed by atoms with van der Waals surface area (Å²) in [5.74, 6) is -0.504. The fourth-order valence-electron chi connectivity index (χ4n) is 1.48. The third-order valence-corrected chi connectivity index (χ3v) is 3.56. The van der Waals surface area contributed by atoms with Crippen LogP contribution < -0.4 is 5.32 Å². The number of hydrogen-bond donors (Lipinski definition) is 2. The Kier molecular flexibility index (Phi) is 5.14. The van der Waals surface area contributed by atoms with Gasteiger partial charge in [-0.05, 0) is 25.1 Å². The van der Waals surface area contributed by atoms with Gasteiger partial charge in [-0.1, -0.05) is 15.9 Å². The Morgan fingerprint density at radius 2 is 2.24 bits per heavy atom. The molecule has 2 N–H and O–H groups in total. The molecule has 17 heavy (non-hydrogen) atoms. The van der Waals surface area contributed by atoms with Crippen molar-refractivity contribution < 1.29 is 14.1 Å². The lowest BCUT2D eigenvalue weighted by molar-refractivity contribution is 0.0698. The lowest BCUT2D eigenvalue weighted by Crippen LogP contribution is -2.23. The summed E-state index contributed by atoms with van der Waals surface area (Å²) in [5.41, 5.74) is 0.742. The molecule has 1 aromatic carbocycles. The molecule has 0 saturated heterocycles. The van der Waals surface area contributed by atoms with Crippen molar-refractivity contribution in [3.8, 4) is 0 Å². The van der Waals surface area contributed by atoms with Crippen molar-refractivity contribution in [3.63, 3.8) is 0 Å². The predicted octanol–water partition coefficient (Wildman–Crippen LogP) is 2.33. The first kappa shape index (κ1) is 14.2. The Hall–Kier alpha value is -0.880. The largest absolute Gasteiger partial charge is 0.478 e. The molecule has 0 saturated carbocycles. The monoisotopic (exact) mass is 319 g/mol. The van der Waals surface area contributed by atoms with Crippen molar-refractivity contribution in [2.45, 2.75) is 13.0 Å². The molecule has 0 aliphatic rings. The molecule has 0 aliphatic carbocycles. The van der Waals surface area contributed by atoms with Crippen LogP contribution in [0.5, 0.6) is 0 Å². The zero-order chi connectivity index (χ0) is 13.0. The van der Waals surface area contributed by atoms with E-state index in [0.717, 1.165) is 4.47 Å². The van der Waals surface area contributed by atoms with Crippen LogP contribution in [0.25, 0.3) is 0 Å². The van der Waals surface area contributed by atoms with Crippen molar-refractivity contribution in [1.29, 1.82) is 0 Å². The molecule has 0 bridgehead atoms. The van der Waals surface area contributed by atoms with Crippen molar-refractivity contribution >= 4 is 38.4 Å². The predicted molar refractivity (Wildman–Crippen MR) is 73.1 cm³/mol. The average Bonchev–Trinajstić information content (AvgIpc) is 2.15. The number of rotatable bonds is 5. The number of halogens is 1. The molecule has 0 amide bonds. The Labute approximate surface area is 111 Å². The zero-order valence-electron chi connectivity index (χ0n) is 9.57. The molecule has 1 aromatic rings. The molecule has 2 atom stereocenters. The lowest BCUT2D eigenvalue weighted by atomic mass is 10.1. The SMILES string of the molecule is CC(CS(C)=O)Nc1cc(Br)ccc1C(=O)O. The van der Waals surface area contributed by atoms with Crippen LogP contribution in [0.1, 0.15) is 17.3 Å². The van der Waals surface area contributed by atoms with Crippen molar-refractivity contribution in [2.24, 2.45) is 0 Å². The average molecular weight is 320 g/mol. The minimum Gasteiger partial charge on any atom is -0.478 e. The minimum absolute atomic E-state index is 0.0479. The Morgan fingerprint density at radius 3 is 2.76 bits per heavy atom. The number of carboxylic acids is 1. The van der Waals surface area contributed by atoms with Crippen LogP contribution in [0, 0.1) is 0 Å². The van der Waals surface area contributed by atoms with E-state index < -0.39 is 16.8 Å². The summed E-state index contributed by atoms with van der Waals surface area (Å²) in [4.78, 5) is 11.0. The van der Waals surface area contributed by atoms with Crippen LogP contribution >= 0.6 is 15.9 Å². The molecule has 1 rings (SSSR count). The molecule has 0 aliphatic heterocycles. The molecule has 4 nitrogen and oxygen atoms in total. The standard InChI is InChI=1S/C11H14BrNO3S/c1-7(6-17(2)16)13-10-5-8(12)3-4-9(10)11(14)15/h3-5,7,13H,6H2,1-2H3,(H,14,15). The number of hydrogen-bond acceptors (Lipinski definition) is 3. The lowest BCUT2D eigenvalue weighted by Gasteiger charge is -2.16. The van der Waals surface area contributed by atoms with Gasteiger partial charge in [0.25, 0.3) is 0 Å². The van der Waals surface area contributed by atoms with Gasteiger partial charge in [-0.15, -0.1) is 0 Å². The molecular weight excluding hydrogens is 306 g/mol. The van der Waals surface area contributed by atoms with E-state index in [1.54, 1.807) is 18.4 Å². The van der Waals surface area contributed by atoms with E-state index in [1.165, 1.54) is 6.07 Å². The second kappa shape index (κ2) is 6.16. The minimum atomic E-state index is -0.982. The van der Waals surface area contributed by atoms with Gasteiger partial charge in [-0.3, -0.25) is 4.21 Å². The third-order valence-electron chi connectivity index (χ3n) is 2.10. The number of benzene rings is 1. The number of carbonyl (C=O) groups is 1. The second-order valence-electron chi connectivity index (χ2n) is 3.78. The molecule has 6 heteroatoms. The van der Waals surface area contributed by atoms with E-state index in [1.807, 2.05) is 6.92 Å². The van der Waals surface area contributed by atoms with Crippen molar-refractivity contribution in [1.82, 2.24) is 0 Å². The fraction of sp³-hybridized carbons (Fsp3) is 0.364. The Bertz CT molecular complexity index is 450. The quantitative estimate of drug-likeness (QED) is 0.874. The highest BCUT2D eigenvalue weighted by Crippen LogP contribution is 2.22. The summed E-state index contributed by atoms with van der Waals surface area (Å²) < 4.78 is 11.9. The van der Waals surface area contributed by atoms with Gasteiger partial charge in [-0.2, -0.15) is 0 Å². The summed E-state index contributed by atoms with van der Waals surface area (Å²) >= 11 is 3.29. The summed E-state index contributed by atoms with van der Waals surface area (Å²) in [6.07, 6.45) is 1.62. The van der Waals surface area contributed by atoms with Crippen molar-refractivity contribution in [2.75, 3.05) is 17.3 Å². The number of nitrogens with one attached hydrogen (secondary N) is 1. The summed E-state index contributed by atoms with van der Waals surface area (Å²) in [6, 6.07) is 4.87. The van der Waals surface area contributed by atoms with E-state index in [0.29, 0.717) is 11.4 Å². The smallest absolute Gasteiger partial charge is 0.337 e. The van der Waals surface area contributed by atoms with Gasteiger partial charge in [0.05, 0.1) is 11.3 Å². The summed E-state index contributed by atoms with van der Waals surface area (Å²) in [6.45, 7) is 1.87. The van der Waals surface area contributed by atoms with Gasteiger partial charge in [-0.25, -0.2) is 4.79 Å². The van der Waals surface area contributed by atoms with Crippen LogP contribution in [0.3, 0.4) is 0 Å². The van der Waals surface area contributed by atoms with Crippen LogP contribution in [0.4, 0.5) is 5.69 Å². The molecule has 0 fully saturated rings. The zero-order valence-corrected chi connectivity index (χ0v) is 12.0. The number of aromatic carboxylic acids is 1. The third kappa shape index (κ3) is 4.47. The van der Waals surface area contributed by atoms with E-state index in [9.17, 15) is 9.00 Å². The maximum Gasteiger partial charge on any atom is 0.337 e. The van der Waals surface area contributed by atoms with E-state index in [4.69, 9.17) is 5.11 Å². The maximum atomic E-state index is 11.1. The van der Waals surface area contributed by atoms with Crippen molar-refractivity contribution in [3.05, 3.63) is 28.2 Å². The summed E-state index contributed by atoms with van der Waals surface area (Å²) in [7, 11) is -0.914. The fourth-order valence-corrected chi connectivity index (χ4v) is 2.63. The first-order valence-corrected chi connectivity index (χ1v) is 7.51. The molecule has 2 unspecified atom stereocenters. The maximum absolute atomic E-state index is 11.1. The van der Waals surface area contributed by atoms with Gasteiger partial charge in [0.15, 0.2) is 0 Å². The van der Waals surface area contributed by atoms with Crippen LogP contribution in [-0.2, 0) is 10.8 Å². The van der Waals surface area contributed by atoms with Crippen LogP contribution in [0.15, 0.2) is 22.7 Å². The molecule has 0 spiro atoms. The first-order chi connectivity index (χ1) is 7.90. The molecule has 0 aromatic heterocycles. The normalized spacial score (nSPS) is 14.1. The van der Waals surface area contributed by atoms with Gasteiger partial charge in [0.1, 0.15) is 0 Å². The Morgan fingerprint density at radius 1 is 1.59 bits per heavy atom. The second-order valence-corrected chi connectivity index (χ2v) is 6.18.